The molecule has 0 radical (unpaired) electrons. The summed E-state index contributed by atoms with van der Waals surface area (Å²) >= 11 is 3.35. The standard InChI is InChI=1S/C11H11BrN2O2/c12-9-4-8(6-13-7-9)11-5-10(16-14-11)2-1-3-15/h4-7,15H,1-3H2. The zero-order valence-electron chi connectivity index (χ0n) is 8.56. The predicted octanol–water partition coefficient (Wildman–Crippen LogP) is 2.42. The fourth-order valence-electron chi connectivity index (χ4n) is 1.37. The number of aliphatic hydroxyl groups is 1. The normalized spacial score (nSPS) is 10.6. The topological polar surface area (TPSA) is 59.2 Å². The molecule has 0 spiro atoms. The number of aromatic nitrogens is 2. The number of rotatable bonds is 4. The van der Waals surface area contributed by atoms with Gasteiger partial charge in [-0.05, 0) is 28.4 Å². The Hall–Kier alpha value is -1.20. The van der Waals surface area contributed by atoms with Gasteiger partial charge < -0.3 is 9.63 Å². The third-order valence-electron chi connectivity index (χ3n) is 2.14. The molecular weight excluding hydrogens is 272 g/mol. The first-order valence-corrected chi connectivity index (χ1v) is 5.76. The largest absolute Gasteiger partial charge is 0.396 e. The smallest absolute Gasteiger partial charge is 0.137 e. The number of pyridine rings is 1. The number of aliphatic hydroxyl groups excluding tert-OH is 1. The van der Waals surface area contributed by atoms with Crippen molar-refractivity contribution in [3.8, 4) is 11.3 Å². The van der Waals surface area contributed by atoms with E-state index in [-0.39, 0.29) is 6.61 Å². The van der Waals surface area contributed by atoms with Crippen molar-refractivity contribution < 1.29 is 9.63 Å². The van der Waals surface area contributed by atoms with E-state index in [1.54, 1.807) is 12.4 Å². The van der Waals surface area contributed by atoms with Crippen LogP contribution in [-0.4, -0.2) is 21.9 Å². The van der Waals surface area contributed by atoms with Gasteiger partial charge in [-0.1, -0.05) is 5.16 Å². The highest BCUT2D eigenvalue weighted by atomic mass is 79.9. The molecule has 0 amide bonds. The van der Waals surface area contributed by atoms with Crippen LogP contribution in [0.25, 0.3) is 11.3 Å². The Bertz CT molecular complexity index is 471. The summed E-state index contributed by atoms with van der Waals surface area (Å²) in [5.41, 5.74) is 1.68. The first kappa shape index (κ1) is 11.3. The van der Waals surface area contributed by atoms with Crippen molar-refractivity contribution in [3.63, 3.8) is 0 Å². The monoisotopic (exact) mass is 282 g/mol. The summed E-state index contributed by atoms with van der Waals surface area (Å²) in [7, 11) is 0. The van der Waals surface area contributed by atoms with E-state index in [1.807, 2.05) is 12.1 Å². The van der Waals surface area contributed by atoms with E-state index in [0.29, 0.717) is 12.8 Å². The van der Waals surface area contributed by atoms with E-state index in [4.69, 9.17) is 9.63 Å². The second-order valence-electron chi connectivity index (χ2n) is 3.40. The molecule has 2 rings (SSSR count). The third-order valence-corrected chi connectivity index (χ3v) is 2.57. The molecule has 0 aliphatic heterocycles. The zero-order chi connectivity index (χ0) is 11.4. The highest BCUT2D eigenvalue weighted by Crippen LogP contribution is 2.21. The van der Waals surface area contributed by atoms with Crippen LogP contribution in [0, 0.1) is 0 Å². The lowest BCUT2D eigenvalue weighted by Crippen LogP contribution is -1.86. The van der Waals surface area contributed by atoms with Crippen LogP contribution in [0.4, 0.5) is 0 Å². The van der Waals surface area contributed by atoms with E-state index >= 15 is 0 Å². The van der Waals surface area contributed by atoms with E-state index in [1.165, 1.54) is 0 Å². The van der Waals surface area contributed by atoms with Crippen molar-refractivity contribution in [1.29, 1.82) is 0 Å². The lowest BCUT2D eigenvalue weighted by Gasteiger charge is -1.94. The van der Waals surface area contributed by atoms with Crippen LogP contribution >= 0.6 is 15.9 Å². The Balaban J connectivity index is 2.18. The minimum absolute atomic E-state index is 0.161. The molecule has 0 saturated carbocycles. The van der Waals surface area contributed by atoms with Crippen LogP contribution < -0.4 is 0 Å². The third kappa shape index (κ3) is 2.68. The van der Waals surface area contributed by atoms with Gasteiger partial charge in [-0.2, -0.15) is 0 Å². The molecule has 0 aliphatic carbocycles. The van der Waals surface area contributed by atoms with Gasteiger partial charge >= 0.3 is 0 Å². The Labute approximate surface area is 101 Å². The van der Waals surface area contributed by atoms with Crippen molar-refractivity contribution in [3.05, 3.63) is 34.8 Å². The molecule has 2 heterocycles. The van der Waals surface area contributed by atoms with Gasteiger partial charge in [-0.15, -0.1) is 0 Å². The molecule has 0 aliphatic rings. The Kier molecular flexibility index (Phi) is 3.69. The van der Waals surface area contributed by atoms with E-state index in [0.717, 1.165) is 21.5 Å². The number of hydrogen-bond acceptors (Lipinski definition) is 4. The van der Waals surface area contributed by atoms with Gasteiger partial charge in [0.1, 0.15) is 11.5 Å². The summed E-state index contributed by atoms with van der Waals surface area (Å²) < 4.78 is 6.06. The quantitative estimate of drug-likeness (QED) is 0.936. The summed E-state index contributed by atoms with van der Waals surface area (Å²) in [5.74, 6) is 0.782. The predicted molar refractivity (Wildman–Crippen MR) is 62.8 cm³/mol. The lowest BCUT2D eigenvalue weighted by atomic mass is 10.2. The van der Waals surface area contributed by atoms with Crippen LogP contribution in [0.1, 0.15) is 12.2 Å². The molecule has 0 saturated heterocycles. The highest BCUT2D eigenvalue weighted by Gasteiger charge is 2.06. The minimum Gasteiger partial charge on any atom is -0.396 e. The second kappa shape index (κ2) is 5.23. The van der Waals surface area contributed by atoms with Crippen molar-refractivity contribution in [1.82, 2.24) is 10.1 Å². The van der Waals surface area contributed by atoms with Crippen LogP contribution in [0.5, 0.6) is 0 Å². The molecule has 0 unspecified atom stereocenters. The number of halogens is 1. The molecule has 1 N–H and O–H groups in total. The molecule has 5 heteroatoms. The Morgan fingerprint density at radius 3 is 2.94 bits per heavy atom. The molecular formula is C11H11BrN2O2. The molecule has 4 nitrogen and oxygen atoms in total. The molecule has 84 valence electrons. The SMILES string of the molecule is OCCCc1cc(-c2cncc(Br)c2)no1. The van der Waals surface area contributed by atoms with Gasteiger partial charge in [-0.25, -0.2) is 0 Å². The van der Waals surface area contributed by atoms with E-state index < -0.39 is 0 Å². The molecule has 16 heavy (non-hydrogen) atoms. The molecule has 0 atom stereocenters. The van der Waals surface area contributed by atoms with E-state index in [9.17, 15) is 0 Å². The van der Waals surface area contributed by atoms with Crippen LogP contribution in [-0.2, 0) is 6.42 Å². The van der Waals surface area contributed by atoms with Crippen molar-refractivity contribution in [2.24, 2.45) is 0 Å². The molecule has 0 aromatic carbocycles. The average Bonchev–Trinajstić information content (AvgIpc) is 2.75. The second-order valence-corrected chi connectivity index (χ2v) is 4.31. The first-order chi connectivity index (χ1) is 7.79. The maximum atomic E-state index is 8.71. The maximum absolute atomic E-state index is 8.71. The van der Waals surface area contributed by atoms with Crippen molar-refractivity contribution >= 4 is 15.9 Å². The van der Waals surface area contributed by atoms with Crippen LogP contribution in [0.15, 0.2) is 33.5 Å². The number of aryl methyl sites for hydroxylation is 1. The summed E-state index contributed by atoms with van der Waals surface area (Å²) in [6.45, 7) is 0.161. The number of nitrogens with zero attached hydrogens (tertiary/aromatic N) is 2. The molecule has 0 fully saturated rings. The van der Waals surface area contributed by atoms with Gasteiger partial charge in [0.25, 0.3) is 0 Å². The van der Waals surface area contributed by atoms with E-state index in [2.05, 4.69) is 26.1 Å². The van der Waals surface area contributed by atoms with Crippen molar-refractivity contribution in [2.45, 2.75) is 12.8 Å². The molecule has 2 aromatic heterocycles. The van der Waals surface area contributed by atoms with Crippen molar-refractivity contribution in [2.75, 3.05) is 6.61 Å². The van der Waals surface area contributed by atoms with Crippen LogP contribution in [0.3, 0.4) is 0 Å². The molecule has 2 aromatic rings. The van der Waals surface area contributed by atoms with Crippen LogP contribution in [0.2, 0.25) is 0 Å². The van der Waals surface area contributed by atoms with Gasteiger partial charge in [0.2, 0.25) is 0 Å². The lowest BCUT2D eigenvalue weighted by molar-refractivity contribution is 0.280. The Morgan fingerprint density at radius 2 is 2.19 bits per heavy atom. The summed E-state index contributed by atoms with van der Waals surface area (Å²) in [6, 6.07) is 3.81. The maximum Gasteiger partial charge on any atom is 0.137 e. The minimum atomic E-state index is 0.161. The fraction of sp³-hybridized carbons (Fsp3) is 0.273. The summed E-state index contributed by atoms with van der Waals surface area (Å²) in [4.78, 5) is 4.06. The molecule has 0 bridgehead atoms. The zero-order valence-corrected chi connectivity index (χ0v) is 10.1. The summed E-state index contributed by atoms with van der Waals surface area (Å²) in [6.07, 6.45) is 4.84. The fourth-order valence-corrected chi connectivity index (χ4v) is 1.74. The highest BCUT2D eigenvalue weighted by molar-refractivity contribution is 9.10. The van der Waals surface area contributed by atoms with Gasteiger partial charge in [0, 0.05) is 41.5 Å². The number of hydrogen-bond donors (Lipinski definition) is 1. The van der Waals surface area contributed by atoms with Gasteiger partial charge in [0.15, 0.2) is 0 Å². The average molecular weight is 283 g/mol. The first-order valence-electron chi connectivity index (χ1n) is 4.97. The van der Waals surface area contributed by atoms with Gasteiger partial charge in [0.05, 0.1) is 0 Å². The summed E-state index contributed by atoms with van der Waals surface area (Å²) in [5, 5.41) is 12.7. The Morgan fingerprint density at radius 1 is 1.31 bits per heavy atom. The van der Waals surface area contributed by atoms with Gasteiger partial charge in [-0.3, -0.25) is 4.98 Å².